The topological polar surface area (TPSA) is 82.1 Å². The Bertz CT molecular complexity index is 425. The van der Waals surface area contributed by atoms with Crippen molar-refractivity contribution >= 4 is 10.1 Å². The Morgan fingerprint density at radius 1 is 1.36 bits per heavy atom. The Labute approximate surface area is 133 Å². The predicted molar refractivity (Wildman–Crippen MR) is 81.9 cm³/mol. The van der Waals surface area contributed by atoms with E-state index >= 15 is 0 Å². The zero-order valence-corrected chi connectivity index (χ0v) is 14.1. The lowest BCUT2D eigenvalue weighted by atomic mass is 10.2. The van der Waals surface area contributed by atoms with Gasteiger partial charge in [0.25, 0.3) is 10.1 Å². The minimum Gasteiger partial charge on any atom is -0.391 e. The molecule has 130 valence electrons. The van der Waals surface area contributed by atoms with E-state index in [-0.39, 0.29) is 25.9 Å². The van der Waals surface area contributed by atoms with E-state index in [1.165, 1.54) is 0 Å². The summed E-state index contributed by atoms with van der Waals surface area (Å²) < 4.78 is 39.6. The minimum absolute atomic E-state index is 0.108. The first-order chi connectivity index (χ1) is 10.5. The summed E-state index contributed by atoms with van der Waals surface area (Å²) in [6.45, 7) is 3.00. The monoisotopic (exact) mass is 336 g/mol. The van der Waals surface area contributed by atoms with E-state index < -0.39 is 21.0 Å². The molecule has 1 saturated carbocycles. The van der Waals surface area contributed by atoms with Gasteiger partial charge in [0.15, 0.2) is 6.29 Å². The molecule has 2 aliphatic rings. The molecular weight excluding hydrogens is 308 g/mol. The van der Waals surface area contributed by atoms with Gasteiger partial charge in [-0.25, -0.2) is 0 Å². The molecule has 2 rings (SSSR count). The van der Waals surface area contributed by atoms with E-state index in [0.29, 0.717) is 19.4 Å². The summed E-state index contributed by atoms with van der Waals surface area (Å²) in [5.74, 6) is 0. The van der Waals surface area contributed by atoms with E-state index in [1.54, 1.807) is 0 Å². The largest absolute Gasteiger partial charge is 0.391 e. The van der Waals surface area contributed by atoms with Crippen LogP contribution in [0.1, 0.15) is 58.3 Å². The lowest BCUT2D eigenvalue weighted by molar-refractivity contribution is -0.175. The molecule has 0 aromatic heterocycles. The first-order valence-electron chi connectivity index (χ1n) is 8.29. The Hall–Kier alpha value is -0.210. The van der Waals surface area contributed by atoms with Crippen molar-refractivity contribution < 1.29 is 27.2 Å². The van der Waals surface area contributed by atoms with Crippen LogP contribution in [0.15, 0.2) is 0 Å². The molecule has 1 N–H and O–H groups in total. The van der Waals surface area contributed by atoms with Crippen molar-refractivity contribution in [3.8, 4) is 0 Å². The molecule has 1 aliphatic carbocycles. The molecule has 2 atom stereocenters. The van der Waals surface area contributed by atoms with E-state index in [1.807, 2.05) is 6.92 Å². The van der Waals surface area contributed by atoms with Gasteiger partial charge in [0.2, 0.25) is 0 Å². The molecule has 0 unspecified atom stereocenters. The number of rotatable bonds is 10. The molecule has 0 radical (unpaired) electrons. The summed E-state index contributed by atoms with van der Waals surface area (Å²) in [6, 6.07) is 0. The lowest BCUT2D eigenvalue weighted by Gasteiger charge is -2.25. The quantitative estimate of drug-likeness (QED) is 0.485. The van der Waals surface area contributed by atoms with Crippen molar-refractivity contribution in [2.45, 2.75) is 75.4 Å². The molecule has 1 heterocycles. The van der Waals surface area contributed by atoms with Crippen molar-refractivity contribution in [2.75, 3.05) is 19.8 Å². The van der Waals surface area contributed by atoms with Crippen LogP contribution >= 0.6 is 0 Å². The molecule has 0 aromatic rings. The second kappa shape index (κ2) is 8.06. The number of hydrogen-bond donors (Lipinski definition) is 1. The van der Waals surface area contributed by atoms with Crippen LogP contribution in [0.25, 0.3) is 0 Å². The third kappa shape index (κ3) is 4.89. The summed E-state index contributed by atoms with van der Waals surface area (Å²) in [5, 5.41) is 10.1. The normalized spacial score (nSPS) is 25.8. The summed E-state index contributed by atoms with van der Waals surface area (Å²) in [4.78, 5) is 0. The Balaban J connectivity index is 1.75. The van der Waals surface area contributed by atoms with Crippen molar-refractivity contribution in [1.29, 1.82) is 0 Å². The summed E-state index contributed by atoms with van der Waals surface area (Å²) in [7, 11) is -3.61. The molecule has 0 amide bonds. The van der Waals surface area contributed by atoms with E-state index in [0.717, 1.165) is 32.1 Å². The van der Waals surface area contributed by atoms with Crippen LogP contribution < -0.4 is 0 Å². The van der Waals surface area contributed by atoms with Crippen LogP contribution in [0, 0.1) is 0 Å². The highest BCUT2D eigenvalue weighted by Gasteiger charge is 2.56. The number of unbranched alkanes of at least 4 members (excludes halogenated alkanes) is 1. The van der Waals surface area contributed by atoms with Gasteiger partial charge in [-0.1, -0.05) is 13.3 Å². The average molecular weight is 336 g/mol. The molecule has 22 heavy (non-hydrogen) atoms. The number of hydrogen-bond acceptors (Lipinski definition) is 6. The SMILES string of the molecule is CCCCOS(=O)(=O)C1(C[C@@H](O)CO[C@@H]2CCCCO2)CC1. The maximum Gasteiger partial charge on any atom is 0.273 e. The zero-order valence-electron chi connectivity index (χ0n) is 13.3. The molecule has 1 aliphatic heterocycles. The summed E-state index contributed by atoms with van der Waals surface area (Å²) in [5.41, 5.74) is 0. The fourth-order valence-corrected chi connectivity index (χ4v) is 4.27. The van der Waals surface area contributed by atoms with Gasteiger partial charge in [0, 0.05) is 6.61 Å². The van der Waals surface area contributed by atoms with Gasteiger partial charge in [-0.15, -0.1) is 0 Å². The standard InChI is InChI=1S/C15H28O6S/c1-2-3-10-21-22(17,18)15(7-8-15)11-13(16)12-20-14-6-4-5-9-19-14/h13-14,16H,2-12H2,1H3/t13-,14-/m1/s1. The summed E-state index contributed by atoms with van der Waals surface area (Å²) >= 11 is 0. The van der Waals surface area contributed by atoms with Crippen LogP contribution in [-0.2, 0) is 23.8 Å². The van der Waals surface area contributed by atoms with Gasteiger partial charge < -0.3 is 14.6 Å². The molecule has 0 aromatic carbocycles. The Kier molecular flexibility index (Phi) is 6.64. The van der Waals surface area contributed by atoms with Gasteiger partial charge in [-0.3, -0.25) is 4.18 Å². The van der Waals surface area contributed by atoms with E-state index in [9.17, 15) is 13.5 Å². The van der Waals surface area contributed by atoms with Crippen LogP contribution in [-0.4, -0.2) is 50.5 Å². The second-order valence-electron chi connectivity index (χ2n) is 6.30. The highest BCUT2D eigenvalue weighted by molar-refractivity contribution is 7.88. The van der Waals surface area contributed by atoms with Gasteiger partial charge in [-0.2, -0.15) is 8.42 Å². The Morgan fingerprint density at radius 2 is 2.14 bits per heavy atom. The highest BCUT2D eigenvalue weighted by atomic mass is 32.2. The predicted octanol–water partition coefficient (Wildman–Crippen LogP) is 1.96. The minimum atomic E-state index is -3.61. The third-order valence-corrected chi connectivity index (χ3v) is 6.41. The van der Waals surface area contributed by atoms with Gasteiger partial charge in [-0.05, 0) is 44.9 Å². The van der Waals surface area contributed by atoms with Gasteiger partial charge in [0.1, 0.15) is 4.75 Å². The van der Waals surface area contributed by atoms with Gasteiger partial charge in [0.05, 0.1) is 19.3 Å². The molecule has 1 saturated heterocycles. The second-order valence-corrected chi connectivity index (χ2v) is 8.31. The molecule has 0 bridgehead atoms. The molecular formula is C15H28O6S. The Morgan fingerprint density at radius 3 is 2.73 bits per heavy atom. The van der Waals surface area contributed by atoms with Crippen molar-refractivity contribution in [3.63, 3.8) is 0 Å². The maximum atomic E-state index is 12.2. The van der Waals surface area contributed by atoms with Crippen LogP contribution in [0.3, 0.4) is 0 Å². The average Bonchev–Trinajstić information content (AvgIpc) is 3.28. The smallest absolute Gasteiger partial charge is 0.273 e. The van der Waals surface area contributed by atoms with Crippen LogP contribution in [0.5, 0.6) is 0 Å². The molecule has 6 nitrogen and oxygen atoms in total. The molecule has 2 fully saturated rings. The highest BCUT2D eigenvalue weighted by Crippen LogP contribution is 2.48. The number of aliphatic hydroxyl groups excluding tert-OH is 1. The first-order valence-corrected chi connectivity index (χ1v) is 9.70. The third-order valence-electron chi connectivity index (χ3n) is 4.29. The fourth-order valence-electron chi connectivity index (χ4n) is 2.68. The van der Waals surface area contributed by atoms with Crippen molar-refractivity contribution in [3.05, 3.63) is 0 Å². The van der Waals surface area contributed by atoms with Crippen LogP contribution in [0.4, 0.5) is 0 Å². The molecule has 0 spiro atoms. The van der Waals surface area contributed by atoms with Gasteiger partial charge >= 0.3 is 0 Å². The molecule has 7 heteroatoms. The fraction of sp³-hybridized carbons (Fsp3) is 1.00. The maximum absolute atomic E-state index is 12.2. The first kappa shape index (κ1) is 18.1. The zero-order chi connectivity index (χ0) is 16.1. The lowest BCUT2D eigenvalue weighted by Crippen LogP contribution is -2.34. The number of aliphatic hydroxyl groups is 1. The van der Waals surface area contributed by atoms with Crippen molar-refractivity contribution in [1.82, 2.24) is 0 Å². The number of ether oxygens (including phenoxy) is 2. The van der Waals surface area contributed by atoms with E-state index in [4.69, 9.17) is 13.7 Å². The summed E-state index contributed by atoms with van der Waals surface area (Å²) in [6.07, 6.45) is 4.75. The van der Waals surface area contributed by atoms with Crippen molar-refractivity contribution in [2.24, 2.45) is 0 Å². The van der Waals surface area contributed by atoms with Crippen LogP contribution in [0.2, 0.25) is 0 Å². The van der Waals surface area contributed by atoms with E-state index in [2.05, 4.69) is 0 Å².